The normalized spacial score (nSPS) is 17.4. The monoisotopic (exact) mass is 171 g/mol. The molecule has 0 bridgehead atoms. The minimum atomic E-state index is -0.131. The third kappa shape index (κ3) is 1.41. The van der Waals surface area contributed by atoms with Gasteiger partial charge in [0.1, 0.15) is 12.0 Å². The third-order valence-electron chi connectivity index (χ3n) is 1.57. The second-order valence-corrected chi connectivity index (χ2v) is 2.54. The highest BCUT2D eigenvalue weighted by atomic mass is 16.6. The number of aliphatic hydroxyl groups is 1. The van der Waals surface area contributed by atoms with Crippen LogP contribution in [0.2, 0.25) is 0 Å². The van der Waals surface area contributed by atoms with Crippen LogP contribution in [0.5, 0.6) is 6.08 Å². The van der Waals surface area contributed by atoms with Gasteiger partial charge in [-0.3, -0.25) is 0 Å². The maximum atomic E-state index is 8.65. The molecule has 1 aromatic heterocycles. The van der Waals surface area contributed by atoms with Gasteiger partial charge in [-0.05, 0) is 0 Å². The highest BCUT2D eigenvalue weighted by molar-refractivity contribution is 4.98. The van der Waals surface area contributed by atoms with E-state index in [1.165, 1.54) is 6.26 Å². The lowest BCUT2D eigenvalue weighted by Gasteiger charge is -2.24. The molecule has 0 unspecified atom stereocenters. The van der Waals surface area contributed by atoms with Crippen LogP contribution in [-0.2, 0) is 11.3 Å². The number of hydrogen-bond donors (Lipinski definition) is 1. The standard InChI is InChI=1S/C7H9NO4/c9-1-5-2-11-7(8-5)12-6-3-10-4-6/h2,6,9H,1,3-4H2. The van der Waals surface area contributed by atoms with Gasteiger partial charge >= 0.3 is 6.08 Å². The van der Waals surface area contributed by atoms with E-state index in [0.717, 1.165) is 0 Å². The quantitative estimate of drug-likeness (QED) is 0.690. The molecular weight excluding hydrogens is 162 g/mol. The number of ether oxygens (including phenoxy) is 2. The molecule has 0 radical (unpaired) electrons. The zero-order chi connectivity index (χ0) is 8.39. The molecule has 12 heavy (non-hydrogen) atoms. The Morgan fingerprint density at radius 2 is 2.50 bits per heavy atom. The fourth-order valence-corrected chi connectivity index (χ4v) is 0.840. The van der Waals surface area contributed by atoms with Crippen molar-refractivity contribution in [1.82, 2.24) is 4.98 Å². The number of aromatic nitrogens is 1. The van der Waals surface area contributed by atoms with E-state index >= 15 is 0 Å². The smallest absolute Gasteiger partial charge is 0.394 e. The third-order valence-corrected chi connectivity index (χ3v) is 1.57. The molecular formula is C7H9NO4. The largest absolute Gasteiger partial charge is 0.442 e. The van der Waals surface area contributed by atoms with E-state index < -0.39 is 0 Å². The van der Waals surface area contributed by atoms with Gasteiger partial charge in [0, 0.05) is 0 Å². The summed E-state index contributed by atoms with van der Waals surface area (Å²) in [5.41, 5.74) is 0.477. The average molecular weight is 171 g/mol. The van der Waals surface area contributed by atoms with Crippen molar-refractivity contribution in [2.45, 2.75) is 12.7 Å². The van der Waals surface area contributed by atoms with Gasteiger partial charge in [0.05, 0.1) is 19.8 Å². The highest BCUT2D eigenvalue weighted by Crippen LogP contribution is 2.14. The Bertz CT molecular complexity index is 256. The van der Waals surface area contributed by atoms with Crippen LogP contribution in [0.4, 0.5) is 0 Å². The molecule has 5 nitrogen and oxygen atoms in total. The Kier molecular flexibility index (Phi) is 1.97. The molecule has 0 aromatic carbocycles. The second kappa shape index (κ2) is 3.12. The van der Waals surface area contributed by atoms with Crippen LogP contribution in [0.3, 0.4) is 0 Å². The summed E-state index contributed by atoms with van der Waals surface area (Å²) in [5.74, 6) is 0. The van der Waals surface area contributed by atoms with Crippen LogP contribution in [0, 0.1) is 0 Å². The first-order chi connectivity index (χ1) is 5.88. The summed E-state index contributed by atoms with van der Waals surface area (Å²) < 4.78 is 15.0. The predicted molar refractivity (Wildman–Crippen MR) is 37.7 cm³/mol. The summed E-state index contributed by atoms with van der Waals surface area (Å²) in [5, 5.41) is 8.65. The summed E-state index contributed by atoms with van der Waals surface area (Å²) >= 11 is 0. The van der Waals surface area contributed by atoms with E-state index in [1.807, 2.05) is 0 Å². The van der Waals surface area contributed by atoms with Crippen molar-refractivity contribution in [2.24, 2.45) is 0 Å². The SMILES string of the molecule is OCc1coc(OC2COC2)n1. The van der Waals surface area contributed by atoms with Gasteiger partial charge in [-0.15, -0.1) is 0 Å². The van der Waals surface area contributed by atoms with Crippen molar-refractivity contribution in [3.63, 3.8) is 0 Å². The minimum Gasteiger partial charge on any atom is -0.442 e. The van der Waals surface area contributed by atoms with Crippen molar-refractivity contribution >= 4 is 0 Å². The van der Waals surface area contributed by atoms with Crippen LogP contribution >= 0.6 is 0 Å². The van der Waals surface area contributed by atoms with E-state index in [2.05, 4.69) is 4.98 Å². The molecule has 1 saturated heterocycles. The average Bonchev–Trinajstić information content (AvgIpc) is 2.44. The maximum Gasteiger partial charge on any atom is 0.394 e. The molecule has 0 saturated carbocycles. The number of nitrogens with zero attached hydrogens (tertiary/aromatic N) is 1. The molecule has 1 aliphatic rings. The highest BCUT2D eigenvalue weighted by Gasteiger charge is 2.22. The van der Waals surface area contributed by atoms with Gasteiger partial charge in [0.15, 0.2) is 6.10 Å². The summed E-state index contributed by atoms with van der Waals surface area (Å²) in [7, 11) is 0. The van der Waals surface area contributed by atoms with Gasteiger partial charge < -0.3 is 19.0 Å². The summed E-state index contributed by atoms with van der Waals surface area (Å²) in [6.07, 6.45) is 1.62. The first-order valence-corrected chi connectivity index (χ1v) is 3.68. The summed E-state index contributed by atoms with van der Waals surface area (Å²) in [6.45, 7) is 1.03. The van der Waals surface area contributed by atoms with E-state index in [9.17, 15) is 0 Å². The predicted octanol–water partition coefficient (Wildman–Crippen LogP) is -0.0555. The number of hydrogen-bond acceptors (Lipinski definition) is 5. The zero-order valence-electron chi connectivity index (χ0n) is 6.40. The van der Waals surface area contributed by atoms with Crippen LogP contribution in [0.25, 0.3) is 0 Å². The molecule has 5 heteroatoms. The first-order valence-electron chi connectivity index (χ1n) is 3.68. The topological polar surface area (TPSA) is 64.7 Å². The van der Waals surface area contributed by atoms with Crippen molar-refractivity contribution in [3.05, 3.63) is 12.0 Å². The molecule has 2 heterocycles. The Labute approximate surface area is 68.9 Å². The second-order valence-electron chi connectivity index (χ2n) is 2.54. The van der Waals surface area contributed by atoms with Crippen molar-refractivity contribution in [3.8, 4) is 6.08 Å². The van der Waals surface area contributed by atoms with E-state index in [1.54, 1.807) is 0 Å². The summed E-state index contributed by atoms with van der Waals surface area (Å²) in [6, 6.07) is 0. The number of oxazole rings is 1. The Hall–Kier alpha value is -1.07. The lowest BCUT2D eigenvalue weighted by atomic mass is 10.3. The van der Waals surface area contributed by atoms with E-state index in [-0.39, 0.29) is 18.8 Å². The van der Waals surface area contributed by atoms with Crippen LogP contribution in [0.1, 0.15) is 5.69 Å². The Balaban J connectivity index is 1.93. The van der Waals surface area contributed by atoms with Crippen molar-refractivity contribution in [1.29, 1.82) is 0 Å². The molecule has 66 valence electrons. The molecule has 0 amide bonds. The van der Waals surface area contributed by atoms with Crippen LogP contribution in [0.15, 0.2) is 10.7 Å². The van der Waals surface area contributed by atoms with Gasteiger partial charge in [0.25, 0.3) is 0 Å². The Morgan fingerprint density at radius 1 is 1.67 bits per heavy atom. The molecule has 1 aliphatic heterocycles. The van der Waals surface area contributed by atoms with Crippen molar-refractivity contribution < 1.29 is 19.0 Å². The van der Waals surface area contributed by atoms with Gasteiger partial charge in [-0.25, -0.2) is 0 Å². The fraction of sp³-hybridized carbons (Fsp3) is 0.571. The minimum absolute atomic E-state index is 0.0511. The lowest BCUT2D eigenvalue weighted by molar-refractivity contribution is -0.0894. The molecule has 2 rings (SSSR count). The van der Waals surface area contributed by atoms with Crippen molar-refractivity contribution in [2.75, 3.05) is 13.2 Å². The molecule has 1 N–H and O–H groups in total. The molecule has 1 fully saturated rings. The van der Waals surface area contributed by atoms with Crippen LogP contribution < -0.4 is 4.74 Å². The molecule has 0 spiro atoms. The van der Waals surface area contributed by atoms with E-state index in [0.29, 0.717) is 18.9 Å². The van der Waals surface area contributed by atoms with E-state index in [4.69, 9.17) is 19.0 Å². The molecule has 0 atom stereocenters. The maximum absolute atomic E-state index is 8.65. The van der Waals surface area contributed by atoms with Gasteiger partial charge in [-0.2, -0.15) is 4.98 Å². The van der Waals surface area contributed by atoms with Crippen LogP contribution in [-0.4, -0.2) is 29.4 Å². The fourth-order valence-electron chi connectivity index (χ4n) is 0.840. The molecule has 1 aromatic rings. The number of rotatable bonds is 3. The number of aliphatic hydroxyl groups excluding tert-OH is 1. The Morgan fingerprint density at radius 3 is 3.00 bits per heavy atom. The van der Waals surface area contributed by atoms with Gasteiger partial charge in [0.2, 0.25) is 0 Å². The summed E-state index contributed by atoms with van der Waals surface area (Å²) in [4.78, 5) is 3.86. The molecule has 0 aliphatic carbocycles. The zero-order valence-corrected chi connectivity index (χ0v) is 6.40. The van der Waals surface area contributed by atoms with Gasteiger partial charge in [-0.1, -0.05) is 0 Å². The lowest BCUT2D eigenvalue weighted by Crippen LogP contribution is -2.38. The first kappa shape index (κ1) is 7.57.